The first-order valence-corrected chi connectivity index (χ1v) is 7.52. The highest BCUT2D eigenvalue weighted by molar-refractivity contribution is 5.83. The van der Waals surface area contributed by atoms with Crippen LogP contribution in [0, 0.1) is 0 Å². The molecule has 24 heavy (non-hydrogen) atoms. The van der Waals surface area contributed by atoms with Crippen molar-refractivity contribution in [2.45, 2.75) is 57.7 Å². The van der Waals surface area contributed by atoms with E-state index in [-0.39, 0.29) is 6.42 Å². The molecule has 2 N–H and O–H groups in total. The van der Waals surface area contributed by atoms with Crippen LogP contribution in [0.2, 0.25) is 0 Å². The molecular weight excluding hydrogens is 320 g/mol. The Morgan fingerprint density at radius 3 is 1.83 bits per heavy atom. The molecule has 0 amide bonds. The predicted octanol–water partition coefficient (Wildman–Crippen LogP) is 0.0194. The van der Waals surface area contributed by atoms with E-state index in [1.807, 2.05) is 0 Å². The molecule has 1 heterocycles. The van der Waals surface area contributed by atoms with Crippen LogP contribution in [0.3, 0.4) is 0 Å². The average molecular weight is 342 g/mol. The minimum atomic E-state index is -1.22. The van der Waals surface area contributed by atoms with Gasteiger partial charge in [0.2, 0.25) is 0 Å². The number of rotatable bonds is 0. The SMILES string of the molecule is C[C@@H]1CC(=O)O[C@H](C)[C@H](O)/C=C/C(=O)O[C@H](C)[C@@H](O)/C=C/C(=O)O1. The molecule has 0 fully saturated rings. The Kier molecular flexibility index (Phi) is 7.60. The van der Waals surface area contributed by atoms with Crippen molar-refractivity contribution in [2.75, 3.05) is 0 Å². The van der Waals surface area contributed by atoms with Gasteiger partial charge in [0.15, 0.2) is 0 Å². The molecule has 0 unspecified atom stereocenters. The summed E-state index contributed by atoms with van der Waals surface area (Å²) < 4.78 is 14.9. The Labute approximate surface area is 139 Å². The number of aliphatic hydroxyl groups excluding tert-OH is 2. The van der Waals surface area contributed by atoms with Gasteiger partial charge in [0.05, 0.1) is 6.42 Å². The lowest BCUT2D eigenvalue weighted by Crippen LogP contribution is -2.30. The largest absolute Gasteiger partial charge is 0.459 e. The summed E-state index contributed by atoms with van der Waals surface area (Å²) in [4.78, 5) is 34.9. The summed E-state index contributed by atoms with van der Waals surface area (Å²) in [7, 11) is 0. The van der Waals surface area contributed by atoms with Gasteiger partial charge in [-0.25, -0.2) is 9.59 Å². The van der Waals surface area contributed by atoms with Gasteiger partial charge in [-0.15, -0.1) is 0 Å². The number of cyclic esters (lactones) is 3. The van der Waals surface area contributed by atoms with Crippen molar-refractivity contribution < 1.29 is 38.8 Å². The van der Waals surface area contributed by atoms with Crippen LogP contribution in [0.5, 0.6) is 0 Å². The third kappa shape index (κ3) is 6.93. The standard InChI is InChI=1S/C16H22O8/c1-9-8-16(21)24-11(3)13(18)5-7-15(20)23-10(2)12(17)4-6-14(19)22-9/h4-7,9-13,17-18H,8H2,1-3H3/b6-4+,7-5+/t9-,10-,11-,12+,13-/m1/s1. The van der Waals surface area contributed by atoms with Crippen LogP contribution in [-0.4, -0.2) is 58.6 Å². The van der Waals surface area contributed by atoms with Crippen molar-refractivity contribution in [3.8, 4) is 0 Å². The number of esters is 3. The van der Waals surface area contributed by atoms with E-state index in [4.69, 9.17) is 14.2 Å². The lowest BCUT2D eigenvalue weighted by atomic mass is 10.2. The number of aliphatic hydroxyl groups is 2. The Balaban J connectivity index is 2.91. The molecule has 0 aromatic rings. The van der Waals surface area contributed by atoms with Crippen molar-refractivity contribution in [1.29, 1.82) is 0 Å². The fraction of sp³-hybridized carbons (Fsp3) is 0.562. The Bertz CT molecular complexity index is 524. The summed E-state index contributed by atoms with van der Waals surface area (Å²) >= 11 is 0. The number of ether oxygens (including phenoxy) is 3. The monoisotopic (exact) mass is 342 g/mol. The van der Waals surface area contributed by atoms with Crippen LogP contribution in [0.4, 0.5) is 0 Å². The minimum Gasteiger partial charge on any atom is -0.459 e. The van der Waals surface area contributed by atoms with E-state index in [2.05, 4.69) is 0 Å². The van der Waals surface area contributed by atoms with Crippen molar-refractivity contribution in [3.63, 3.8) is 0 Å². The summed E-state index contributed by atoms with van der Waals surface area (Å²) in [6.45, 7) is 4.41. The highest BCUT2D eigenvalue weighted by Gasteiger charge is 2.21. The summed E-state index contributed by atoms with van der Waals surface area (Å²) in [5.74, 6) is -2.22. The van der Waals surface area contributed by atoms with E-state index in [1.54, 1.807) is 0 Å². The molecule has 8 nitrogen and oxygen atoms in total. The molecule has 5 atom stereocenters. The molecule has 0 aliphatic carbocycles. The predicted molar refractivity (Wildman–Crippen MR) is 81.6 cm³/mol. The fourth-order valence-electron chi connectivity index (χ4n) is 1.80. The number of carbonyl (C=O) groups excluding carboxylic acids is 3. The summed E-state index contributed by atoms with van der Waals surface area (Å²) in [6.07, 6.45) is -0.961. The molecule has 134 valence electrons. The maximum atomic E-state index is 11.7. The maximum Gasteiger partial charge on any atom is 0.330 e. The molecule has 0 aromatic carbocycles. The third-order valence-corrected chi connectivity index (χ3v) is 3.21. The zero-order valence-corrected chi connectivity index (χ0v) is 13.7. The van der Waals surface area contributed by atoms with Gasteiger partial charge in [0.1, 0.15) is 30.5 Å². The summed E-state index contributed by atoms with van der Waals surface area (Å²) in [5, 5.41) is 19.6. The van der Waals surface area contributed by atoms with E-state index in [0.717, 1.165) is 24.3 Å². The molecule has 1 rings (SSSR count). The van der Waals surface area contributed by atoms with Crippen molar-refractivity contribution in [3.05, 3.63) is 24.3 Å². The molecule has 1 aliphatic rings. The Morgan fingerprint density at radius 2 is 1.29 bits per heavy atom. The first-order chi connectivity index (χ1) is 11.2. The van der Waals surface area contributed by atoms with E-state index < -0.39 is 48.4 Å². The summed E-state index contributed by atoms with van der Waals surface area (Å²) in [6, 6.07) is 0. The molecule has 0 saturated heterocycles. The van der Waals surface area contributed by atoms with E-state index in [9.17, 15) is 24.6 Å². The van der Waals surface area contributed by atoms with Gasteiger partial charge >= 0.3 is 17.9 Å². The molecule has 1 aliphatic heterocycles. The number of hydrogen-bond donors (Lipinski definition) is 2. The van der Waals surface area contributed by atoms with Gasteiger partial charge in [-0.3, -0.25) is 4.79 Å². The second-order valence-corrected chi connectivity index (χ2v) is 5.49. The van der Waals surface area contributed by atoms with Crippen molar-refractivity contribution in [2.24, 2.45) is 0 Å². The first-order valence-electron chi connectivity index (χ1n) is 7.52. The lowest BCUT2D eigenvalue weighted by molar-refractivity contribution is -0.157. The van der Waals surface area contributed by atoms with Gasteiger partial charge in [0.25, 0.3) is 0 Å². The highest BCUT2D eigenvalue weighted by atomic mass is 16.6. The van der Waals surface area contributed by atoms with Crippen LogP contribution < -0.4 is 0 Å². The van der Waals surface area contributed by atoms with Crippen molar-refractivity contribution in [1.82, 2.24) is 0 Å². The molecule has 0 saturated carbocycles. The fourth-order valence-corrected chi connectivity index (χ4v) is 1.80. The van der Waals surface area contributed by atoms with Crippen LogP contribution in [0.15, 0.2) is 24.3 Å². The molecule has 0 spiro atoms. The molecule has 0 bridgehead atoms. The van der Waals surface area contributed by atoms with Crippen LogP contribution in [0.1, 0.15) is 27.2 Å². The van der Waals surface area contributed by atoms with E-state index in [0.29, 0.717) is 0 Å². The first kappa shape index (κ1) is 19.9. The molecule has 0 aromatic heterocycles. The quantitative estimate of drug-likeness (QED) is 0.467. The second-order valence-electron chi connectivity index (χ2n) is 5.49. The van der Waals surface area contributed by atoms with Gasteiger partial charge in [-0.2, -0.15) is 0 Å². The third-order valence-electron chi connectivity index (χ3n) is 3.21. The van der Waals surface area contributed by atoms with Gasteiger partial charge in [-0.05, 0) is 32.9 Å². The van der Waals surface area contributed by atoms with Gasteiger partial charge in [0, 0.05) is 12.2 Å². The van der Waals surface area contributed by atoms with Crippen LogP contribution in [-0.2, 0) is 28.6 Å². The lowest BCUT2D eigenvalue weighted by Gasteiger charge is -2.19. The Hall–Kier alpha value is -2.19. The van der Waals surface area contributed by atoms with Crippen LogP contribution >= 0.6 is 0 Å². The van der Waals surface area contributed by atoms with E-state index in [1.165, 1.54) is 20.8 Å². The zero-order valence-electron chi connectivity index (χ0n) is 13.7. The van der Waals surface area contributed by atoms with Crippen molar-refractivity contribution >= 4 is 17.9 Å². The topological polar surface area (TPSA) is 119 Å². The summed E-state index contributed by atoms with van der Waals surface area (Å²) in [5.41, 5.74) is 0. The second kappa shape index (κ2) is 9.19. The Morgan fingerprint density at radius 1 is 0.833 bits per heavy atom. The highest BCUT2D eigenvalue weighted by Crippen LogP contribution is 2.08. The van der Waals surface area contributed by atoms with Gasteiger partial charge < -0.3 is 24.4 Å². The normalized spacial score (nSPS) is 36.2. The number of hydrogen-bond acceptors (Lipinski definition) is 8. The smallest absolute Gasteiger partial charge is 0.330 e. The zero-order chi connectivity index (χ0) is 18.3. The van der Waals surface area contributed by atoms with Gasteiger partial charge in [-0.1, -0.05) is 0 Å². The molecule has 8 heteroatoms. The molecular formula is C16H22O8. The van der Waals surface area contributed by atoms with Crippen LogP contribution in [0.25, 0.3) is 0 Å². The average Bonchev–Trinajstić information content (AvgIpc) is 2.48. The maximum absolute atomic E-state index is 11.7. The number of carbonyl (C=O) groups is 3. The van der Waals surface area contributed by atoms with E-state index >= 15 is 0 Å². The molecule has 0 radical (unpaired) electrons. The minimum absolute atomic E-state index is 0.193.